The van der Waals surface area contributed by atoms with Crippen LogP contribution in [0.2, 0.25) is 0 Å². The minimum absolute atomic E-state index is 0. The van der Waals surface area contributed by atoms with Gasteiger partial charge in [-0.25, -0.2) is 8.42 Å². The number of carbonyl (C=O) groups excluding carboxylic acids is 1. The SMILES string of the molecule is COCCCOCCCC(=O)CS(=O)(=O)[O-].[Na+]. The zero-order valence-electron chi connectivity index (χ0n) is 10.3. The third kappa shape index (κ3) is 16.5. The predicted octanol–water partition coefficient (Wildman–Crippen LogP) is -3.06. The molecule has 0 fully saturated rings. The number of Topliss-reactive ketones (excluding diaryl/α,β-unsaturated/α-hetero) is 1. The molecule has 0 aromatic rings. The van der Waals surface area contributed by atoms with E-state index in [0.717, 1.165) is 6.42 Å². The maximum absolute atomic E-state index is 10.9. The second-order valence-electron chi connectivity index (χ2n) is 3.30. The van der Waals surface area contributed by atoms with E-state index in [0.29, 0.717) is 26.2 Å². The van der Waals surface area contributed by atoms with Gasteiger partial charge in [-0.3, -0.25) is 4.79 Å². The van der Waals surface area contributed by atoms with Crippen molar-refractivity contribution >= 4 is 15.9 Å². The first-order valence-electron chi connectivity index (χ1n) is 4.97. The Morgan fingerprint density at radius 2 is 1.76 bits per heavy atom. The van der Waals surface area contributed by atoms with E-state index in [2.05, 4.69) is 0 Å². The van der Waals surface area contributed by atoms with Crippen LogP contribution in [0.25, 0.3) is 0 Å². The van der Waals surface area contributed by atoms with Gasteiger partial charge in [0, 0.05) is 33.4 Å². The van der Waals surface area contributed by atoms with Crippen LogP contribution in [0.1, 0.15) is 19.3 Å². The van der Waals surface area contributed by atoms with E-state index >= 15 is 0 Å². The second kappa shape index (κ2) is 11.6. The van der Waals surface area contributed by atoms with E-state index in [-0.39, 0.29) is 36.0 Å². The maximum atomic E-state index is 10.9. The minimum Gasteiger partial charge on any atom is -0.748 e. The van der Waals surface area contributed by atoms with Gasteiger partial charge in [0.05, 0.1) is 5.75 Å². The normalized spacial score (nSPS) is 10.9. The average molecular weight is 276 g/mol. The molecule has 0 rings (SSSR count). The van der Waals surface area contributed by atoms with Gasteiger partial charge in [0.25, 0.3) is 0 Å². The molecule has 96 valence electrons. The Morgan fingerprint density at radius 3 is 2.29 bits per heavy atom. The molecule has 0 radical (unpaired) electrons. The molecule has 6 nitrogen and oxygen atoms in total. The first-order chi connectivity index (χ1) is 7.45. The second-order valence-corrected chi connectivity index (χ2v) is 4.71. The largest absolute Gasteiger partial charge is 1.00 e. The summed E-state index contributed by atoms with van der Waals surface area (Å²) in [6.07, 6.45) is 1.27. The molecule has 0 aliphatic rings. The first-order valence-corrected chi connectivity index (χ1v) is 6.55. The summed E-state index contributed by atoms with van der Waals surface area (Å²) >= 11 is 0. The molecule has 0 bridgehead atoms. The molecule has 17 heavy (non-hydrogen) atoms. The van der Waals surface area contributed by atoms with Gasteiger partial charge in [0.15, 0.2) is 0 Å². The van der Waals surface area contributed by atoms with Crippen molar-refractivity contribution in [1.82, 2.24) is 0 Å². The summed E-state index contributed by atoms with van der Waals surface area (Å²) in [6, 6.07) is 0. The zero-order valence-corrected chi connectivity index (χ0v) is 13.1. The molecule has 0 saturated carbocycles. The molecule has 0 aromatic heterocycles. The molecule has 0 N–H and O–H groups in total. The van der Waals surface area contributed by atoms with Gasteiger partial charge >= 0.3 is 29.6 Å². The maximum Gasteiger partial charge on any atom is 1.00 e. The summed E-state index contributed by atoms with van der Waals surface area (Å²) in [5, 5.41) is 0. The molecule has 0 aliphatic heterocycles. The molecule has 0 aromatic carbocycles. The number of hydrogen-bond acceptors (Lipinski definition) is 6. The van der Waals surface area contributed by atoms with E-state index in [1.165, 1.54) is 0 Å². The first kappa shape index (κ1) is 19.8. The van der Waals surface area contributed by atoms with Crippen LogP contribution in [-0.2, 0) is 24.4 Å². The number of ether oxygens (including phenoxy) is 2. The van der Waals surface area contributed by atoms with Crippen molar-refractivity contribution in [2.45, 2.75) is 19.3 Å². The molecule has 0 atom stereocenters. The Balaban J connectivity index is 0. The van der Waals surface area contributed by atoms with Crippen molar-refractivity contribution in [2.75, 3.05) is 32.7 Å². The van der Waals surface area contributed by atoms with E-state index in [1.54, 1.807) is 7.11 Å². The topological polar surface area (TPSA) is 92.7 Å². The van der Waals surface area contributed by atoms with Gasteiger partial charge in [-0.2, -0.15) is 0 Å². The van der Waals surface area contributed by atoms with E-state index in [1.807, 2.05) is 0 Å². The fraction of sp³-hybridized carbons (Fsp3) is 0.889. The quantitative estimate of drug-likeness (QED) is 0.239. The van der Waals surface area contributed by atoms with Gasteiger partial charge in [-0.1, -0.05) is 0 Å². The summed E-state index contributed by atoms with van der Waals surface area (Å²) in [4.78, 5) is 10.9. The Kier molecular flexibility index (Phi) is 13.5. The van der Waals surface area contributed by atoms with Gasteiger partial charge in [0.1, 0.15) is 15.9 Å². The number of methoxy groups -OCH3 is 1. The zero-order chi connectivity index (χ0) is 12.4. The Hall–Kier alpha value is 0.500. The van der Waals surface area contributed by atoms with Gasteiger partial charge in [-0.05, 0) is 12.8 Å². The smallest absolute Gasteiger partial charge is 0.748 e. The number of carbonyl (C=O) groups is 1. The van der Waals surface area contributed by atoms with Crippen molar-refractivity contribution < 1.29 is 56.8 Å². The Bertz CT molecular complexity index is 290. The van der Waals surface area contributed by atoms with Crippen molar-refractivity contribution in [1.29, 1.82) is 0 Å². The minimum atomic E-state index is -4.43. The van der Waals surface area contributed by atoms with Gasteiger partial charge in [-0.15, -0.1) is 0 Å². The van der Waals surface area contributed by atoms with Crippen LogP contribution in [0, 0.1) is 0 Å². The van der Waals surface area contributed by atoms with Crippen LogP contribution in [0.5, 0.6) is 0 Å². The third-order valence-corrected chi connectivity index (χ3v) is 2.39. The average Bonchev–Trinajstić information content (AvgIpc) is 2.13. The van der Waals surface area contributed by atoms with E-state index in [9.17, 15) is 17.8 Å². The fourth-order valence-corrected chi connectivity index (χ4v) is 1.59. The Labute approximate surface area is 124 Å². The predicted molar refractivity (Wildman–Crippen MR) is 56.1 cm³/mol. The number of hydrogen-bond donors (Lipinski definition) is 0. The molecule has 0 heterocycles. The summed E-state index contributed by atoms with van der Waals surface area (Å²) in [7, 11) is -2.84. The summed E-state index contributed by atoms with van der Waals surface area (Å²) in [6.45, 7) is 1.55. The van der Waals surface area contributed by atoms with Crippen molar-refractivity contribution in [3.8, 4) is 0 Å². The molecule has 0 amide bonds. The number of rotatable bonds is 10. The summed E-state index contributed by atoms with van der Waals surface area (Å²) < 4.78 is 40.6. The van der Waals surface area contributed by atoms with Crippen LogP contribution < -0.4 is 29.6 Å². The molecule has 0 aliphatic carbocycles. The molecule has 0 spiro atoms. The van der Waals surface area contributed by atoms with E-state index in [4.69, 9.17) is 9.47 Å². The van der Waals surface area contributed by atoms with Crippen LogP contribution in [-0.4, -0.2) is 51.4 Å². The summed E-state index contributed by atoms with van der Waals surface area (Å²) in [5.41, 5.74) is 0. The van der Waals surface area contributed by atoms with Crippen LogP contribution in [0.15, 0.2) is 0 Å². The van der Waals surface area contributed by atoms with Crippen molar-refractivity contribution in [2.24, 2.45) is 0 Å². The molecule has 0 saturated heterocycles. The summed E-state index contributed by atoms with van der Waals surface area (Å²) in [5.74, 6) is -1.48. The molecule has 8 heteroatoms. The van der Waals surface area contributed by atoms with Crippen molar-refractivity contribution in [3.05, 3.63) is 0 Å². The molecule has 0 unspecified atom stereocenters. The monoisotopic (exact) mass is 276 g/mol. The van der Waals surface area contributed by atoms with Gasteiger partial charge < -0.3 is 14.0 Å². The Morgan fingerprint density at radius 1 is 1.18 bits per heavy atom. The molecular weight excluding hydrogens is 259 g/mol. The molecular formula is C9H17NaO6S. The third-order valence-electron chi connectivity index (χ3n) is 1.72. The van der Waals surface area contributed by atoms with Gasteiger partial charge in [0.2, 0.25) is 0 Å². The van der Waals surface area contributed by atoms with Crippen LogP contribution >= 0.6 is 0 Å². The van der Waals surface area contributed by atoms with Crippen LogP contribution in [0.3, 0.4) is 0 Å². The van der Waals surface area contributed by atoms with Crippen molar-refractivity contribution in [3.63, 3.8) is 0 Å². The van der Waals surface area contributed by atoms with E-state index < -0.39 is 21.7 Å². The number of ketones is 1. The van der Waals surface area contributed by atoms with Crippen LogP contribution in [0.4, 0.5) is 0 Å². The fourth-order valence-electron chi connectivity index (χ4n) is 1.05. The standard InChI is InChI=1S/C9H18O6S.Na/c1-14-5-3-7-15-6-2-4-9(10)8-16(11,12)13;/h2-8H2,1H3,(H,11,12,13);/q;+1/p-1.